The van der Waals surface area contributed by atoms with Crippen LogP contribution in [0.5, 0.6) is 0 Å². The molecule has 2 heterocycles. The molecular formula is C15H14N4O. The van der Waals surface area contributed by atoms with Crippen molar-refractivity contribution in [3.8, 4) is 11.4 Å². The van der Waals surface area contributed by atoms with E-state index in [4.69, 9.17) is 10.2 Å². The maximum atomic E-state index is 5.84. The maximum Gasteiger partial charge on any atom is 0.163 e. The van der Waals surface area contributed by atoms with E-state index in [0.29, 0.717) is 24.0 Å². The van der Waals surface area contributed by atoms with Crippen LogP contribution >= 0.6 is 0 Å². The molecule has 0 fully saturated rings. The number of hydrogen-bond acceptors (Lipinski definition) is 5. The number of anilines is 2. The lowest BCUT2D eigenvalue weighted by atomic mass is 10.2. The van der Waals surface area contributed by atoms with Crippen molar-refractivity contribution in [2.75, 3.05) is 11.1 Å². The monoisotopic (exact) mass is 266 g/mol. The third-order valence-electron chi connectivity index (χ3n) is 2.83. The highest BCUT2D eigenvalue weighted by Crippen LogP contribution is 2.19. The Labute approximate surface area is 116 Å². The minimum Gasteiger partial charge on any atom is -0.472 e. The third-order valence-corrected chi connectivity index (χ3v) is 2.83. The van der Waals surface area contributed by atoms with Gasteiger partial charge in [0.25, 0.3) is 0 Å². The predicted molar refractivity (Wildman–Crippen MR) is 77.9 cm³/mol. The van der Waals surface area contributed by atoms with Crippen LogP contribution in [0.2, 0.25) is 0 Å². The molecule has 0 unspecified atom stereocenters. The number of benzene rings is 1. The Morgan fingerprint density at radius 1 is 1.10 bits per heavy atom. The van der Waals surface area contributed by atoms with Crippen molar-refractivity contribution < 1.29 is 4.42 Å². The van der Waals surface area contributed by atoms with Gasteiger partial charge < -0.3 is 15.5 Å². The standard InChI is InChI=1S/C15H14N4O/c16-13-8-14(17-9-11-6-7-20-10-11)19-15(18-13)12-4-2-1-3-5-12/h1-8,10H,9H2,(H3,16,17,18,19). The number of furan rings is 1. The zero-order chi connectivity index (χ0) is 13.8. The first-order chi connectivity index (χ1) is 9.81. The summed E-state index contributed by atoms with van der Waals surface area (Å²) in [5, 5.41) is 3.21. The average Bonchev–Trinajstić information content (AvgIpc) is 2.99. The van der Waals surface area contributed by atoms with E-state index < -0.39 is 0 Å². The SMILES string of the molecule is Nc1cc(NCc2ccoc2)nc(-c2ccccc2)n1. The Hall–Kier alpha value is -2.82. The van der Waals surface area contributed by atoms with Crippen LogP contribution in [-0.2, 0) is 6.54 Å². The number of nitrogens with two attached hydrogens (primary N) is 1. The van der Waals surface area contributed by atoms with Crippen LogP contribution in [0.1, 0.15) is 5.56 Å². The molecule has 0 amide bonds. The van der Waals surface area contributed by atoms with E-state index in [2.05, 4.69) is 15.3 Å². The molecule has 3 N–H and O–H groups in total. The second-order valence-electron chi connectivity index (χ2n) is 4.35. The zero-order valence-corrected chi connectivity index (χ0v) is 10.8. The van der Waals surface area contributed by atoms with Crippen LogP contribution in [0.15, 0.2) is 59.4 Å². The molecule has 0 bridgehead atoms. The smallest absolute Gasteiger partial charge is 0.163 e. The summed E-state index contributed by atoms with van der Waals surface area (Å²) in [6.07, 6.45) is 3.33. The molecule has 3 aromatic rings. The van der Waals surface area contributed by atoms with Gasteiger partial charge in [0.15, 0.2) is 5.82 Å². The van der Waals surface area contributed by atoms with Gasteiger partial charge in [0.2, 0.25) is 0 Å². The van der Waals surface area contributed by atoms with Gasteiger partial charge in [-0.3, -0.25) is 0 Å². The van der Waals surface area contributed by atoms with E-state index in [1.165, 1.54) is 0 Å². The lowest BCUT2D eigenvalue weighted by Crippen LogP contribution is -2.04. The number of nitrogens with zero attached hydrogens (tertiary/aromatic N) is 2. The first-order valence-corrected chi connectivity index (χ1v) is 6.26. The van der Waals surface area contributed by atoms with Gasteiger partial charge in [-0.05, 0) is 6.07 Å². The molecule has 20 heavy (non-hydrogen) atoms. The van der Waals surface area contributed by atoms with Crippen molar-refractivity contribution in [1.82, 2.24) is 9.97 Å². The molecule has 2 aromatic heterocycles. The second-order valence-corrected chi connectivity index (χ2v) is 4.35. The van der Waals surface area contributed by atoms with Gasteiger partial charge in [-0.25, -0.2) is 9.97 Å². The number of nitrogen functional groups attached to an aromatic ring is 1. The fraction of sp³-hybridized carbons (Fsp3) is 0.0667. The Bertz CT molecular complexity index is 680. The van der Waals surface area contributed by atoms with Crippen LogP contribution in [0.3, 0.4) is 0 Å². The van der Waals surface area contributed by atoms with Crippen molar-refractivity contribution >= 4 is 11.6 Å². The van der Waals surface area contributed by atoms with Crippen molar-refractivity contribution in [1.29, 1.82) is 0 Å². The third kappa shape index (κ3) is 2.77. The van der Waals surface area contributed by atoms with Crippen LogP contribution in [0, 0.1) is 0 Å². The molecule has 0 aliphatic heterocycles. The molecule has 0 aliphatic rings. The van der Waals surface area contributed by atoms with Gasteiger partial charge >= 0.3 is 0 Å². The summed E-state index contributed by atoms with van der Waals surface area (Å²) in [6, 6.07) is 13.4. The van der Waals surface area contributed by atoms with Gasteiger partial charge in [0.05, 0.1) is 12.5 Å². The summed E-state index contributed by atoms with van der Waals surface area (Å²) in [6.45, 7) is 0.626. The normalized spacial score (nSPS) is 10.4. The van der Waals surface area contributed by atoms with Gasteiger partial charge in [0, 0.05) is 23.7 Å². The molecule has 0 spiro atoms. The summed E-state index contributed by atoms with van der Waals surface area (Å²) in [5.74, 6) is 1.74. The summed E-state index contributed by atoms with van der Waals surface area (Å²) in [7, 11) is 0. The number of aromatic nitrogens is 2. The second kappa shape index (κ2) is 5.44. The average molecular weight is 266 g/mol. The first-order valence-electron chi connectivity index (χ1n) is 6.26. The van der Waals surface area contributed by atoms with Crippen LogP contribution in [-0.4, -0.2) is 9.97 Å². The largest absolute Gasteiger partial charge is 0.472 e. The fourth-order valence-electron chi connectivity index (χ4n) is 1.86. The highest BCUT2D eigenvalue weighted by molar-refractivity contribution is 5.60. The minimum atomic E-state index is 0.438. The minimum absolute atomic E-state index is 0.438. The fourth-order valence-corrected chi connectivity index (χ4v) is 1.86. The number of hydrogen-bond donors (Lipinski definition) is 2. The maximum absolute atomic E-state index is 5.84. The van der Waals surface area contributed by atoms with Gasteiger partial charge in [-0.2, -0.15) is 0 Å². The highest BCUT2D eigenvalue weighted by atomic mass is 16.3. The van der Waals surface area contributed by atoms with Crippen molar-refractivity contribution in [2.24, 2.45) is 0 Å². The lowest BCUT2D eigenvalue weighted by molar-refractivity contribution is 0.564. The summed E-state index contributed by atoms with van der Waals surface area (Å²) < 4.78 is 5.02. The molecule has 3 rings (SSSR count). The predicted octanol–water partition coefficient (Wildman–Crippen LogP) is 2.93. The summed E-state index contributed by atoms with van der Waals surface area (Å²) in [5.41, 5.74) is 7.82. The van der Waals surface area contributed by atoms with Crippen LogP contribution in [0.25, 0.3) is 11.4 Å². The van der Waals surface area contributed by atoms with Crippen LogP contribution in [0.4, 0.5) is 11.6 Å². The summed E-state index contributed by atoms with van der Waals surface area (Å²) in [4.78, 5) is 8.73. The molecule has 5 nitrogen and oxygen atoms in total. The van der Waals surface area contributed by atoms with E-state index in [1.807, 2.05) is 36.4 Å². The highest BCUT2D eigenvalue weighted by Gasteiger charge is 2.05. The zero-order valence-electron chi connectivity index (χ0n) is 10.8. The molecule has 0 aliphatic carbocycles. The Morgan fingerprint density at radius 3 is 2.70 bits per heavy atom. The summed E-state index contributed by atoms with van der Waals surface area (Å²) >= 11 is 0. The molecule has 0 atom stereocenters. The van der Waals surface area contributed by atoms with E-state index in [9.17, 15) is 0 Å². The Morgan fingerprint density at radius 2 is 1.95 bits per heavy atom. The molecule has 0 saturated carbocycles. The van der Waals surface area contributed by atoms with Crippen molar-refractivity contribution in [2.45, 2.75) is 6.54 Å². The van der Waals surface area contributed by atoms with E-state index >= 15 is 0 Å². The van der Waals surface area contributed by atoms with Gasteiger partial charge in [0.1, 0.15) is 11.6 Å². The van der Waals surface area contributed by atoms with Crippen LogP contribution < -0.4 is 11.1 Å². The molecule has 1 aromatic carbocycles. The lowest BCUT2D eigenvalue weighted by Gasteiger charge is -2.07. The Kier molecular flexibility index (Phi) is 3.33. The first kappa shape index (κ1) is 12.2. The van der Waals surface area contributed by atoms with E-state index in [-0.39, 0.29) is 0 Å². The van der Waals surface area contributed by atoms with E-state index in [0.717, 1.165) is 11.1 Å². The Balaban J connectivity index is 1.83. The van der Waals surface area contributed by atoms with E-state index in [1.54, 1.807) is 18.6 Å². The number of nitrogens with one attached hydrogen (secondary N) is 1. The van der Waals surface area contributed by atoms with Crippen molar-refractivity contribution in [3.63, 3.8) is 0 Å². The molecule has 5 heteroatoms. The molecular weight excluding hydrogens is 252 g/mol. The van der Waals surface area contributed by atoms with Gasteiger partial charge in [-0.1, -0.05) is 30.3 Å². The molecule has 0 saturated heterocycles. The topological polar surface area (TPSA) is 77.0 Å². The van der Waals surface area contributed by atoms with Gasteiger partial charge in [-0.15, -0.1) is 0 Å². The van der Waals surface area contributed by atoms with Crippen molar-refractivity contribution in [3.05, 3.63) is 60.6 Å². The molecule has 100 valence electrons. The molecule has 0 radical (unpaired) electrons. The quantitative estimate of drug-likeness (QED) is 0.759. The number of rotatable bonds is 4.